The van der Waals surface area contributed by atoms with Crippen molar-refractivity contribution in [1.82, 2.24) is 4.57 Å². The Hall–Kier alpha value is -7.94. The minimum absolute atomic E-state index is 0.517. The Kier molecular flexibility index (Phi) is 7.98. The first-order valence-electron chi connectivity index (χ1n) is 22.0. The van der Waals surface area contributed by atoms with Crippen molar-refractivity contribution in [3.63, 3.8) is 0 Å². The average Bonchev–Trinajstić information content (AvgIpc) is 3.68. The Morgan fingerprint density at radius 3 is 1.30 bits per heavy atom. The van der Waals surface area contributed by atoms with Gasteiger partial charge in [0.2, 0.25) is 0 Å². The summed E-state index contributed by atoms with van der Waals surface area (Å²) in [6.45, 7) is 0. The van der Waals surface area contributed by atoms with Crippen molar-refractivity contribution in [3.8, 4) is 28.3 Å². The largest absolute Gasteiger partial charge is 0.455 e. The fourth-order valence-corrected chi connectivity index (χ4v) is 11.1. The maximum Gasteiger partial charge on any atom is 0.140 e. The van der Waals surface area contributed by atoms with Crippen molar-refractivity contribution in [2.24, 2.45) is 0 Å². The smallest absolute Gasteiger partial charge is 0.140 e. The number of aromatic nitrogens is 1. The van der Waals surface area contributed by atoms with Crippen molar-refractivity contribution in [2.75, 3.05) is 0 Å². The second kappa shape index (κ2) is 14.1. The minimum Gasteiger partial charge on any atom is -0.455 e. The molecule has 0 saturated heterocycles. The van der Waals surface area contributed by atoms with Crippen LogP contribution < -0.4 is 4.74 Å². The molecular weight excluding hydrogens is 763 g/mol. The number of benzene rings is 11. The summed E-state index contributed by atoms with van der Waals surface area (Å²) in [5.74, 6) is 1.93. The van der Waals surface area contributed by atoms with Crippen molar-refractivity contribution >= 4 is 64.9 Å². The van der Waals surface area contributed by atoms with Crippen LogP contribution >= 0.6 is 0 Å². The number of rotatable bonds is 6. The van der Waals surface area contributed by atoms with E-state index in [1.54, 1.807) is 0 Å². The van der Waals surface area contributed by atoms with Gasteiger partial charge in [0.1, 0.15) is 11.5 Å². The highest BCUT2D eigenvalue weighted by Crippen LogP contribution is 2.60. The normalized spacial score (nSPS) is 13.1. The first-order chi connectivity index (χ1) is 31.2. The number of hydrogen-bond acceptors (Lipinski definition) is 1. The molecule has 2 nitrogen and oxygen atoms in total. The Morgan fingerprint density at radius 2 is 0.730 bits per heavy atom. The van der Waals surface area contributed by atoms with Gasteiger partial charge in [0.05, 0.1) is 11.0 Å². The summed E-state index contributed by atoms with van der Waals surface area (Å²) in [6.07, 6.45) is 1.57. The van der Waals surface area contributed by atoms with E-state index in [4.69, 9.17) is 4.74 Å². The van der Waals surface area contributed by atoms with Crippen molar-refractivity contribution in [3.05, 3.63) is 247 Å². The molecule has 0 atom stereocenters. The third-order valence-electron chi connectivity index (χ3n) is 13.8. The van der Waals surface area contributed by atoms with Crippen LogP contribution in [-0.4, -0.2) is 4.57 Å². The standard InChI is InChI=1S/C61H41NO/c1-3-17-40(18-4-1)38-61(39-41-31-33-42(34-32-41)43-35-36-56-54(37-43)49-25-15-16-30-55(49)62(56)44-19-5-2-6-20-44)57-50-26-11-7-21-45(50)47-23-9-13-28-52(47)59(57)63-60-53-29-14-10-24-48(53)46-22-8-12-27-51(46)58(60)61/h1-37H,38-39H2. The van der Waals surface area contributed by atoms with Crippen LogP contribution in [0.5, 0.6) is 11.5 Å². The zero-order valence-electron chi connectivity index (χ0n) is 34.6. The molecule has 12 aromatic rings. The number of hydrogen-bond donors (Lipinski definition) is 0. The van der Waals surface area contributed by atoms with E-state index in [1.807, 2.05) is 0 Å². The third kappa shape index (κ3) is 5.44. The van der Waals surface area contributed by atoms with E-state index in [9.17, 15) is 0 Å². The fraction of sp³-hybridized carbons (Fsp3) is 0.0492. The van der Waals surface area contributed by atoms with Gasteiger partial charge in [0.15, 0.2) is 0 Å². The van der Waals surface area contributed by atoms with Crippen LogP contribution in [0.25, 0.3) is 81.7 Å². The first-order valence-corrected chi connectivity index (χ1v) is 22.0. The zero-order chi connectivity index (χ0) is 41.5. The van der Waals surface area contributed by atoms with Crippen LogP contribution in [0.4, 0.5) is 0 Å². The van der Waals surface area contributed by atoms with Crippen molar-refractivity contribution in [1.29, 1.82) is 0 Å². The molecule has 13 rings (SSSR count). The summed E-state index contributed by atoms with van der Waals surface area (Å²) in [5.41, 5.74) is 10.6. The lowest BCUT2D eigenvalue weighted by atomic mass is 9.62. The van der Waals surface area contributed by atoms with Gasteiger partial charge in [-0.3, -0.25) is 0 Å². The molecule has 0 N–H and O–H groups in total. The summed E-state index contributed by atoms with van der Waals surface area (Å²) in [5, 5.41) is 12.2. The SMILES string of the molecule is c1ccc(CC2(Cc3ccc(-c4ccc5c(c4)c4ccccc4n5-c4ccccc4)cc3)c3c(c4ccccc4c4ccccc34)Oc3c2c2ccccc2c2ccccc32)cc1. The van der Waals surface area contributed by atoms with Gasteiger partial charge >= 0.3 is 0 Å². The summed E-state index contributed by atoms with van der Waals surface area (Å²) < 4.78 is 9.90. The molecule has 1 aliphatic rings. The second-order valence-electron chi connectivity index (χ2n) is 17.2. The molecule has 2 heterocycles. The van der Waals surface area contributed by atoms with Crippen molar-refractivity contribution in [2.45, 2.75) is 18.3 Å². The lowest BCUT2D eigenvalue weighted by Crippen LogP contribution is -2.37. The van der Waals surface area contributed by atoms with Crippen molar-refractivity contribution < 1.29 is 4.74 Å². The predicted molar refractivity (Wildman–Crippen MR) is 264 cm³/mol. The Morgan fingerprint density at radius 1 is 0.317 bits per heavy atom. The highest BCUT2D eigenvalue weighted by molar-refractivity contribution is 6.17. The molecule has 296 valence electrons. The highest BCUT2D eigenvalue weighted by Gasteiger charge is 2.46. The molecule has 1 aliphatic heterocycles. The molecule has 0 unspecified atom stereocenters. The molecule has 0 aliphatic carbocycles. The minimum atomic E-state index is -0.517. The fourth-order valence-electron chi connectivity index (χ4n) is 11.1. The van der Waals surface area contributed by atoms with Crippen LogP contribution in [0, 0.1) is 0 Å². The lowest BCUT2D eigenvalue weighted by Gasteiger charge is -2.43. The summed E-state index contributed by atoms with van der Waals surface area (Å²) >= 11 is 0. The van der Waals surface area contributed by atoms with Gasteiger partial charge in [-0.25, -0.2) is 0 Å². The molecule has 2 heteroatoms. The first kappa shape index (κ1) is 35.8. The molecule has 0 bridgehead atoms. The van der Waals surface area contributed by atoms with Gasteiger partial charge in [0, 0.05) is 43.8 Å². The number of para-hydroxylation sites is 2. The molecule has 11 aromatic carbocycles. The van der Waals surface area contributed by atoms with Crippen LogP contribution in [0.1, 0.15) is 22.3 Å². The highest BCUT2D eigenvalue weighted by atomic mass is 16.5. The van der Waals surface area contributed by atoms with E-state index in [2.05, 4.69) is 229 Å². The molecular formula is C61H41NO. The van der Waals surface area contributed by atoms with Gasteiger partial charge in [-0.1, -0.05) is 194 Å². The van der Waals surface area contributed by atoms with Crippen LogP contribution in [0.2, 0.25) is 0 Å². The zero-order valence-corrected chi connectivity index (χ0v) is 34.6. The Labute approximate surface area is 365 Å². The van der Waals surface area contributed by atoms with Crippen LogP contribution in [0.3, 0.4) is 0 Å². The molecule has 0 spiro atoms. The number of ether oxygens (including phenoxy) is 1. The van der Waals surface area contributed by atoms with E-state index in [0.29, 0.717) is 0 Å². The summed E-state index contributed by atoms with van der Waals surface area (Å²) in [7, 11) is 0. The van der Waals surface area contributed by atoms with E-state index >= 15 is 0 Å². The van der Waals surface area contributed by atoms with E-state index < -0.39 is 5.41 Å². The third-order valence-corrected chi connectivity index (χ3v) is 13.8. The van der Waals surface area contributed by atoms with Crippen LogP contribution in [0.15, 0.2) is 224 Å². The van der Waals surface area contributed by atoms with E-state index in [-0.39, 0.29) is 0 Å². The Balaban J connectivity index is 1.05. The second-order valence-corrected chi connectivity index (χ2v) is 17.2. The maximum absolute atomic E-state index is 7.52. The number of nitrogens with zero attached hydrogens (tertiary/aromatic N) is 1. The maximum atomic E-state index is 7.52. The molecule has 63 heavy (non-hydrogen) atoms. The average molecular weight is 804 g/mol. The van der Waals surface area contributed by atoms with Gasteiger partial charge in [-0.05, 0) is 97.7 Å². The van der Waals surface area contributed by atoms with Gasteiger partial charge < -0.3 is 9.30 Å². The predicted octanol–water partition coefficient (Wildman–Crippen LogP) is 15.9. The summed E-state index contributed by atoms with van der Waals surface area (Å²) in [6, 6.07) is 82.5. The van der Waals surface area contributed by atoms with Gasteiger partial charge in [0.25, 0.3) is 0 Å². The van der Waals surface area contributed by atoms with Crippen LogP contribution in [-0.2, 0) is 18.3 Å². The molecule has 1 aromatic heterocycles. The van der Waals surface area contributed by atoms with E-state index in [0.717, 1.165) is 35.1 Å². The topological polar surface area (TPSA) is 14.2 Å². The van der Waals surface area contributed by atoms with Gasteiger partial charge in [-0.15, -0.1) is 0 Å². The molecule has 0 saturated carbocycles. The lowest BCUT2D eigenvalue weighted by molar-refractivity contribution is 0.399. The van der Waals surface area contributed by atoms with E-state index in [1.165, 1.54) is 93.2 Å². The van der Waals surface area contributed by atoms with Gasteiger partial charge in [-0.2, -0.15) is 0 Å². The quantitative estimate of drug-likeness (QED) is 0.153. The molecule has 0 fully saturated rings. The number of fused-ring (bicyclic) bond motifs is 15. The summed E-state index contributed by atoms with van der Waals surface area (Å²) in [4.78, 5) is 0. The monoisotopic (exact) mass is 803 g/mol. The Bertz CT molecular complexity index is 3630. The molecule has 0 amide bonds. The molecule has 0 radical (unpaired) electrons.